The van der Waals surface area contributed by atoms with Crippen LogP contribution in [-0.4, -0.2) is 23.7 Å². The number of hydrogen-bond donors (Lipinski definition) is 0. The lowest BCUT2D eigenvalue weighted by Crippen LogP contribution is -2.12. The van der Waals surface area contributed by atoms with E-state index in [0.717, 1.165) is 10.0 Å². The van der Waals surface area contributed by atoms with Gasteiger partial charge >= 0.3 is 5.97 Å². The van der Waals surface area contributed by atoms with Crippen molar-refractivity contribution in [2.24, 2.45) is 0 Å². The van der Waals surface area contributed by atoms with Crippen molar-refractivity contribution in [3.63, 3.8) is 0 Å². The molecule has 0 aliphatic heterocycles. The number of Topliss-reactive ketones (excluding diaryl/α,β-unsaturated/α-hetero) is 1. The second kappa shape index (κ2) is 6.31. The number of ketones is 1. The number of ether oxygens (including phenoxy) is 1. The first-order valence-corrected chi connectivity index (χ1v) is 6.70. The normalized spacial score (nSPS) is 12.0. The van der Waals surface area contributed by atoms with Gasteiger partial charge in [-0.2, -0.15) is 0 Å². The van der Waals surface area contributed by atoms with Crippen LogP contribution >= 0.6 is 31.9 Å². The molecule has 0 spiro atoms. The molecule has 0 bridgehead atoms. The summed E-state index contributed by atoms with van der Waals surface area (Å²) in [6.07, 6.45) is 0.167. The maximum atomic E-state index is 11.9. The summed E-state index contributed by atoms with van der Waals surface area (Å²) < 4.78 is 5.31. The predicted octanol–water partition coefficient (Wildman–Crippen LogP) is 3.13. The Labute approximate surface area is 117 Å². The molecule has 17 heavy (non-hydrogen) atoms. The van der Waals surface area contributed by atoms with Gasteiger partial charge in [0.05, 0.1) is 18.4 Å². The van der Waals surface area contributed by atoms with Crippen LogP contribution in [0.5, 0.6) is 0 Å². The third-order valence-corrected chi connectivity index (χ3v) is 3.34. The fraction of sp³-hybridized carbons (Fsp3) is 0.333. The number of halogens is 2. The molecular formula is C12H12Br2O3. The molecule has 0 radical (unpaired) electrons. The summed E-state index contributed by atoms with van der Waals surface area (Å²) in [6, 6.07) is 5.26. The van der Waals surface area contributed by atoms with Gasteiger partial charge in [-0.1, -0.05) is 37.9 Å². The Hall–Kier alpha value is -0.680. The minimum atomic E-state index is -0.322. The van der Waals surface area contributed by atoms with Gasteiger partial charge in [-0.25, -0.2) is 0 Å². The van der Waals surface area contributed by atoms with Crippen LogP contribution in [-0.2, 0) is 16.0 Å². The van der Waals surface area contributed by atoms with E-state index < -0.39 is 0 Å². The topological polar surface area (TPSA) is 43.4 Å². The molecular weight excluding hydrogens is 352 g/mol. The van der Waals surface area contributed by atoms with Crippen molar-refractivity contribution in [1.82, 2.24) is 0 Å². The molecule has 1 unspecified atom stereocenters. The Kier molecular flexibility index (Phi) is 5.33. The lowest BCUT2D eigenvalue weighted by atomic mass is 10.0. The van der Waals surface area contributed by atoms with Crippen LogP contribution in [0, 0.1) is 0 Å². The molecule has 0 aromatic heterocycles. The van der Waals surface area contributed by atoms with E-state index in [1.807, 2.05) is 0 Å². The summed E-state index contributed by atoms with van der Waals surface area (Å²) in [5.74, 6) is -0.346. The van der Waals surface area contributed by atoms with Crippen molar-refractivity contribution in [2.75, 3.05) is 7.11 Å². The molecule has 0 saturated heterocycles. The number of carbonyl (C=O) groups is 2. The van der Waals surface area contributed by atoms with Gasteiger partial charge in [0.25, 0.3) is 0 Å². The quantitative estimate of drug-likeness (QED) is 0.469. The van der Waals surface area contributed by atoms with Gasteiger partial charge in [0.2, 0.25) is 0 Å². The van der Waals surface area contributed by atoms with E-state index in [-0.39, 0.29) is 23.0 Å². The fourth-order valence-electron chi connectivity index (χ4n) is 1.32. The van der Waals surface area contributed by atoms with E-state index in [9.17, 15) is 9.59 Å². The molecule has 0 N–H and O–H groups in total. The average molecular weight is 364 g/mol. The Bertz CT molecular complexity index is 441. The van der Waals surface area contributed by atoms with Crippen LogP contribution in [0.3, 0.4) is 0 Å². The number of alkyl halides is 1. The molecule has 0 saturated carbocycles. The molecule has 0 aliphatic rings. The van der Waals surface area contributed by atoms with Gasteiger partial charge in [0, 0.05) is 10.0 Å². The van der Waals surface area contributed by atoms with Crippen LogP contribution in [0.4, 0.5) is 0 Å². The predicted molar refractivity (Wildman–Crippen MR) is 72.6 cm³/mol. The Morgan fingerprint density at radius 2 is 2.06 bits per heavy atom. The third-order valence-electron chi connectivity index (χ3n) is 2.23. The standard InChI is InChI=1S/C12H12Br2O3/c1-7(13)12(16)9-5-8(3-4-10(9)14)6-11(15)17-2/h3-5,7H,6H2,1-2H3. The first-order chi connectivity index (χ1) is 7.95. The van der Waals surface area contributed by atoms with E-state index in [1.165, 1.54) is 7.11 Å². The minimum absolute atomic E-state index is 0.0245. The second-order valence-electron chi connectivity index (χ2n) is 3.55. The van der Waals surface area contributed by atoms with Crippen molar-refractivity contribution in [1.29, 1.82) is 0 Å². The zero-order valence-electron chi connectivity index (χ0n) is 9.50. The van der Waals surface area contributed by atoms with Gasteiger partial charge < -0.3 is 4.74 Å². The van der Waals surface area contributed by atoms with Gasteiger partial charge in [0.15, 0.2) is 5.78 Å². The number of hydrogen-bond acceptors (Lipinski definition) is 3. The highest BCUT2D eigenvalue weighted by atomic mass is 79.9. The zero-order valence-corrected chi connectivity index (χ0v) is 12.7. The molecule has 1 aromatic carbocycles. The van der Waals surface area contributed by atoms with E-state index in [1.54, 1.807) is 25.1 Å². The lowest BCUT2D eigenvalue weighted by molar-refractivity contribution is -0.139. The number of methoxy groups -OCH3 is 1. The molecule has 0 heterocycles. The Morgan fingerprint density at radius 1 is 1.41 bits per heavy atom. The van der Waals surface area contributed by atoms with Crippen LogP contribution in [0.15, 0.2) is 22.7 Å². The maximum absolute atomic E-state index is 11.9. The zero-order chi connectivity index (χ0) is 13.0. The largest absolute Gasteiger partial charge is 0.469 e. The van der Waals surface area contributed by atoms with E-state index in [0.29, 0.717) is 5.56 Å². The summed E-state index contributed by atoms with van der Waals surface area (Å²) in [5, 5.41) is 0. The average Bonchev–Trinajstić information content (AvgIpc) is 2.30. The monoisotopic (exact) mass is 362 g/mol. The van der Waals surface area contributed by atoms with E-state index >= 15 is 0 Å². The van der Waals surface area contributed by atoms with Crippen molar-refractivity contribution >= 4 is 43.6 Å². The van der Waals surface area contributed by atoms with Crippen LogP contribution in [0.2, 0.25) is 0 Å². The number of rotatable bonds is 4. The number of carbonyl (C=O) groups excluding carboxylic acids is 2. The van der Waals surface area contributed by atoms with Crippen molar-refractivity contribution in [3.05, 3.63) is 33.8 Å². The Morgan fingerprint density at radius 3 is 2.59 bits per heavy atom. The maximum Gasteiger partial charge on any atom is 0.309 e. The molecule has 92 valence electrons. The second-order valence-corrected chi connectivity index (χ2v) is 5.78. The molecule has 1 atom stereocenters. The highest BCUT2D eigenvalue weighted by Crippen LogP contribution is 2.22. The minimum Gasteiger partial charge on any atom is -0.469 e. The summed E-state index contributed by atoms with van der Waals surface area (Å²) in [6.45, 7) is 1.77. The van der Waals surface area contributed by atoms with E-state index in [2.05, 4.69) is 36.6 Å². The highest BCUT2D eigenvalue weighted by molar-refractivity contribution is 9.10. The van der Waals surface area contributed by atoms with Crippen molar-refractivity contribution in [3.8, 4) is 0 Å². The lowest BCUT2D eigenvalue weighted by Gasteiger charge is -2.08. The molecule has 5 heteroatoms. The summed E-state index contributed by atoms with van der Waals surface area (Å²) in [4.78, 5) is 22.8. The van der Waals surface area contributed by atoms with Gasteiger partial charge in [0.1, 0.15) is 0 Å². The summed E-state index contributed by atoms with van der Waals surface area (Å²) >= 11 is 6.56. The van der Waals surface area contributed by atoms with Gasteiger partial charge in [-0.3, -0.25) is 9.59 Å². The molecule has 0 aliphatic carbocycles. The molecule has 1 rings (SSSR count). The summed E-state index contributed by atoms with van der Waals surface area (Å²) in [7, 11) is 1.34. The number of esters is 1. The van der Waals surface area contributed by atoms with Crippen LogP contribution in [0.25, 0.3) is 0 Å². The molecule has 0 fully saturated rings. The van der Waals surface area contributed by atoms with Crippen LogP contribution < -0.4 is 0 Å². The van der Waals surface area contributed by atoms with Gasteiger partial charge in [-0.15, -0.1) is 0 Å². The van der Waals surface area contributed by atoms with Crippen molar-refractivity contribution in [2.45, 2.75) is 18.2 Å². The van der Waals surface area contributed by atoms with E-state index in [4.69, 9.17) is 0 Å². The van der Waals surface area contributed by atoms with Crippen LogP contribution in [0.1, 0.15) is 22.8 Å². The first kappa shape index (κ1) is 14.4. The first-order valence-electron chi connectivity index (χ1n) is 4.99. The van der Waals surface area contributed by atoms with Gasteiger partial charge in [-0.05, 0) is 24.6 Å². The molecule has 3 nitrogen and oxygen atoms in total. The SMILES string of the molecule is COC(=O)Cc1ccc(Br)c(C(=O)C(C)Br)c1. The smallest absolute Gasteiger partial charge is 0.309 e. The molecule has 0 amide bonds. The van der Waals surface area contributed by atoms with Crippen molar-refractivity contribution < 1.29 is 14.3 Å². The number of benzene rings is 1. The highest BCUT2D eigenvalue weighted by Gasteiger charge is 2.16. The third kappa shape index (κ3) is 3.92. The Balaban J connectivity index is 3.02. The molecule has 1 aromatic rings. The fourth-order valence-corrected chi connectivity index (χ4v) is 2.01. The summed E-state index contributed by atoms with van der Waals surface area (Å²) in [5.41, 5.74) is 1.33.